The molecule has 0 bridgehead atoms. The Balaban J connectivity index is 2.19. The molecular formula is C9H17N3O. The second-order valence-corrected chi connectivity index (χ2v) is 3.40. The van der Waals surface area contributed by atoms with Gasteiger partial charge in [-0.1, -0.05) is 0 Å². The first-order valence-corrected chi connectivity index (χ1v) is 4.58. The number of hydrogen-bond donors (Lipinski definition) is 3. The molecule has 0 fully saturated rings. The lowest BCUT2D eigenvalue weighted by Gasteiger charge is -2.14. The minimum atomic E-state index is -0.251. The van der Waals surface area contributed by atoms with Crippen LogP contribution in [-0.4, -0.2) is 27.2 Å². The Morgan fingerprint density at radius 3 is 2.92 bits per heavy atom. The number of H-pyrrole nitrogens is 1. The summed E-state index contributed by atoms with van der Waals surface area (Å²) in [7, 11) is 0. The molecule has 2 atom stereocenters. The van der Waals surface area contributed by atoms with Crippen LogP contribution in [0.25, 0.3) is 0 Å². The molecule has 13 heavy (non-hydrogen) atoms. The lowest BCUT2D eigenvalue weighted by molar-refractivity contribution is 0.170. The van der Waals surface area contributed by atoms with E-state index in [1.54, 1.807) is 19.3 Å². The number of hydrogen-bond acceptors (Lipinski definition) is 3. The van der Waals surface area contributed by atoms with Gasteiger partial charge in [0.05, 0.1) is 12.6 Å². The smallest absolute Gasteiger partial charge is 0.120 e. The lowest BCUT2D eigenvalue weighted by Crippen LogP contribution is -2.29. The Morgan fingerprint density at radius 1 is 1.62 bits per heavy atom. The maximum absolute atomic E-state index is 9.12. The Hall–Kier alpha value is -0.870. The zero-order chi connectivity index (χ0) is 9.68. The average Bonchev–Trinajstić information content (AvgIpc) is 2.51. The third-order valence-corrected chi connectivity index (χ3v) is 1.87. The highest BCUT2D eigenvalue weighted by Crippen LogP contribution is 1.97. The molecule has 0 saturated carbocycles. The van der Waals surface area contributed by atoms with Crippen LogP contribution < -0.4 is 5.32 Å². The molecule has 0 radical (unpaired) electrons. The average molecular weight is 183 g/mol. The maximum atomic E-state index is 9.12. The molecule has 0 aromatic carbocycles. The van der Waals surface area contributed by atoms with Crippen LogP contribution in [0.3, 0.4) is 0 Å². The van der Waals surface area contributed by atoms with Gasteiger partial charge in [0.2, 0.25) is 0 Å². The molecule has 0 spiro atoms. The highest BCUT2D eigenvalue weighted by molar-refractivity contribution is 4.86. The van der Waals surface area contributed by atoms with Crippen molar-refractivity contribution in [1.82, 2.24) is 15.3 Å². The first-order valence-electron chi connectivity index (χ1n) is 4.58. The number of nitrogens with zero attached hydrogens (tertiary/aromatic N) is 1. The Morgan fingerprint density at radius 2 is 2.38 bits per heavy atom. The van der Waals surface area contributed by atoms with Gasteiger partial charge < -0.3 is 15.4 Å². The second kappa shape index (κ2) is 4.99. The lowest BCUT2D eigenvalue weighted by atomic mass is 10.1. The SMILES string of the molecule is CC(O)CC(C)NCc1ncc[nH]1. The van der Waals surface area contributed by atoms with Gasteiger partial charge >= 0.3 is 0 Å². The van der Waals surface area contributed by atoms with E-state index in [1.165, 1.54) is 0 Å². The monoisotopic (exact) mass is 183 g/mol. The van der Waals surface area contributed by atoms with Crippen LogP contribution >= 0.6 is 0 Å². The van der Waals surface area contributed by atoms with Gasteiger partial charge in [-0.2, -0.15) is 0 Å². The summed E-state index contributed by atoms with van der Waals surface area (Å²) in [6.07, 6.45) is 4.05. The number of aromatic amines is 1. The van der Waals surface area contributed by atoms with Crippen LogP contribution in [0, 0.1) is 0 Å². The first-order chi connectivity index (χ1) is 6.18. The first kappa shape index (κ1) is 10.2. The van der Waals surface area contributed by atoms with Crippen molar-refractivity contribution < 1.29 is 5.11 Å². The van der Waals surface area contributed by atoms with Crippen molar-refractivity contribution >= 4 is 0 Å². The van der Waals surface area contributed by atoms with Crippen molar-refractivity contribution in [2.75, 3.05) is 0 Å². The van der Waals surface area contributed by atoms with Crippen LogP contribution in [0.2, 0.25) is 0 Å². The summed E-state index contributed by atoms with van der Waals surface area (Å²) in [4.78, 5) is 7.10. The van der Waals surface area contributed by atoms with Crippen molar-refractivity contribution in [1.29, 1.82) is 0 Å². The van der Waals surface area contributed by atoms with Gasteiger partial charge in [-0.15, -0.1) is 0 Å². The second-order valence-electron chi connectivity index (χ2n) is 3.40. The highest BCUT2D eigenvalue weighted by atomic mass is 16.3. The molecule has 74 valence electrons. The minimum Gasteiger partial charge on any atom is -0.393 e. The van der Waals surface area contributed by atoms with Crippen LogP contribution in [0.1, 0.15) is 26.1 Å². The standard InChI is InChI=1S/C9H17N3O/c1-7(5-8(2)13)12-6-9-10-3-4-11-9/h3-4,7-8,12-13H,5-6H2,1-2H3,(H,10,11). The predicted molar refractivity (Wildman–Crippen MR) is 51.2 cm³/mol. The molecule has 0 aliphatic carbocycles. The molecule has 0 aliphatic rings. The molecule has 2 unspecified atom stereocenters. The van der Waals surface area contributed by atoms with Gasteiger partial charge in [0.25, 0.3) is 0 Å². The molecule has 3 N–H and O–H groups in total. The summed E-state index contributed by atoms with van der Waals surface area (Å²) in [5.41, 5.74) is 0. The van der Waals surface area contributed by atoms with Crippen LogP contribution in [0.15, 0.2) is 12.4 Å². The topological polar surface area (TPSA) is 60.9 Å². The van der Waals surface area contributed by atoms with Crippen molar-refractivity contribution in [3.63, 3.8) is 0 Å². The quantitative estimate of drug-likeness (QED) is 0.628. The van der Waals surface area contributed by atoms with Gasteiger partial charge in [0.15, 0.2) is 0 Å². The maximum Gasteiger partial charge on any atom is 0.120 e. The number of aromatic nitrogens is 2. The van der Waals surface area contributed by atoms with Gasteiger partial charge in [0, 0.05) is 18.4 Å². The summed E-state index contributed by atoms with van der Waals surface area (Å²) in [5.74, 6) is 0.928. The van der Waals surface area contributed by atoms with Crippen molar-refractivity contribution in [2.45, 2.75) is 39.0 Å². The van der Waals surface area contributed by atoms with Crippen LogP contribution in [-0.2, 0) is 6.54 Å². The van der Waals surface area contributed by atoms with Gasteiger partial charge in [-0.25, -0.2) is 4.98 Å². The van der Waals surface area contributed by atoms with Crippen molar-refractivity contribution in [3.05, 3.63) is 18.2 Å². The highest BCUT2D eigenvalue weighted by Gasteiger charge is 2.05. The zero-order valence-corrected chi connectivity index (χ0v) is 8.12. The summed E-state index contributed by atoms with van der Waals surface area (Å²) in [6, 6.07) is 0.310. The fraction of sp³-hybridized carbons (Fsp3) is 0.667. The van der Waals surface area contributed by atoms with Gasteiger partial charge in [0.1, 0.15) is 5.82 Å². The fourth-order valence-corrected chi connectivity index (χ4v) is 1.26. The third kappa shape index (κ3) is 4.05. The molecule has 0 saturated heterocycles. The molecule has 1 rings (SSSR count). The number of aliphatic hydroxyl groups is 1. The molecule has 0 aliphatic heterocycles. The van der Waals surface area contributed by atoms with Gasteiger partial charge in [-0.05, 0) is 20.3 Å². The van der Waals surface area contributed by atoms with Crippen LogP contribution in [0.4, 0.5) is 0 Å². The Labute approximate surface area is 78.4 Å². The fourth-order valence-electron chi connectivity index (χ4n) is 1.26. The molecule has 4 nitrogen and oxygen atoms in total. The van der Waals surface area contributed by atoms with E-state index in [0.29, 0.717) is 6.04 Å². The normalized spacial score (nSPS) is 15.6. The molecule has 0 amide bonds. The van der Waals surface area contributed by atoms with E-state index in [2.05, 4.69) is 22.2 Å². The van der Waals surface area contributed by atoms with Crippen LogP contribution in [0.5, 0.6) is 0 Å². The number of nitrogens with one attached hydrogen (secondary N) is 2. The number of imidazole rings is 1. The van der Waals surface area contributed by atoms with E-state index in [9.17, 15) is 0 Å². The molecular weight excluding hydrogens is 166 g/mol. The molecule has 1 aromatic heterocycles. The van der Waals surface area contributed by atoms with E-state index in [0.717, 1.165) is 18.8 Å². The minimum absolute atomic E-state index is 0.251. The summed E-state index contributed by atoms with van der Waals surface area (Å²) in [6.45, 7) is 4.57. The zero-order valence-electron chi connectivity index (χ0n) is 8.12. The Kier molecular flexibility index (Phi) is 3.92. The summed E-state index contributed by atoms with van der Waals surface area (Å²) < 4.78 is 0. The molecule has 4 heteroatoms. The van der Waals surface area contributed by atoms with Gasteiger partial charge in [-0.3, -0.25) is 0 Å². The van der Waals surface area contributed by atoms with E-state index in [4.69, 9.17) is 5.11 Å². The van der Waals surface area contributed by atoms with Crippen molar-refractivity contribution in [3.8, 4) is 0 Å². The van der Waals surface area contributed by atoms with Crippen molar-refractivity contribution in [2.24, 2.45) is 0 Å². The predicted octanol–water partition coefficient (Wildman–Crippen LogP) is 0.659. The summed E-state index contributed by atoms with van der Waals surface area (Å²) >= 11 is 0. The van der Waals surface area contributed by atoms with E-state index >= 15 is 0 Å². The van der Waals surface area contributed by atoms with E-state index in [1.807, 2.05) is 0 Å². The van der Waals surface area contributed by atoms with E-state index in [-0.39, 0.29) is 6.10 Å². The largest absolute Gasteiger partial charge is 0.393 e. The number of aliphatic hydroxyl groups excluding tert-OH is 1. The summed E-state index contributed by atoms with van der Waals surface area (Å²) in [5, 5.41) is 12.4. The number of rotatable bonds is 5. The van der Waals surface area contributed by atoms with E-state index < -0.39 is 0 Å². The third-order valence-electron chi connectivity index (χ3n) is 1.87. The molecule has 1 heterocycles. The Bertz CT molecular complexity index is 221. The molecule has 1 aromatic rings.